The average molecular weight is 340 g/mol. The van der Waals surface area contributed by atoms with E-state index in [0.717, 1.165) is 25.0 Å². The van der Waals surface area contributed by atoms with Crippen LogP contribution in [0.15, 0.2) is 12.3 Å². The molecule has 0 spiro atoms. The molecule has 1 aliphatic heterocycles. The Bertz CT molecular complexity index is 679. The van der Waals surface area contributed by atoms with Gasteiger partial charge in [0.15, 0.2) is 0 Å². The number of amides is 1. The van der Waals surface area contributed by atoms with Crippen molar-refractivity contribution >= 4 is 15.9 Å². The van der Waals surface area contributed by atoms with Crippen molar-refractivity contribution in [1.82, 2.24) is 19.4 Å². The number of hydrogen-bond donors (Lipinski definition) is 1. The summed E-state index contributed by atoms with van der Waals surface area (Å²) >= 11 is 0. The summed E-state index contributed by atoms with van der Waals surface area (Å²) in [7, 11) is -3.35. The number of carbonyl (C=O) groups excluding carboxylic acids is 1. The van der Waals surface area contributed by atoms with Crippen LogP contribution in [0, 0.1) is 0 Å². The molecule has 0 aromatic carbocycles. The molecule has 1 fully saturated rings. The van der Waals surface area contributed by atoms with Gasteiger partial charge in [-0.3, -0.25) is 9.48 Å². The summed E-state index contributed by atoms with van der Waals surface area (Å²) in [6.45, 7) is 3.98. The third-order valence-electron chi connectivity index (χ3n) is 4.70. The van der Waals surface area contributed by atoms with Crippen LogP contribution in [0.5, 0.6) is 0 Å². The van der Waals surface area contributed by atoms with Crippen molar-refractivity contribution in [2.45, 2.75) is 63.4 Å². The SMILES string of the molecule is CC(C)S(=O)(=O)N1Cc2ccnn2[C@@H](CC(=O)NC2CCC2)C1. The highest BCUT2D eigenvalue weighted by Gasteiger charge is 2.35. The molecule has 3 rings (SSSR count). The van der Waals surface area contributed by atoms with Crippen molar-refractivity contribution in [3.63, 3.8) is 0 Å². The molecule has 1 aromatic rings. The number of nitrogens with zero attached hydrogens (tertiary/aromatic N) is 3. The zero-order valence-corrected chi connectivity index (χ0v) is 14.4. The highest BCUT2D eigenvalue weighted by Crippen LogP contribution is 2.27. The highest BCUT2D eigenvalue weighted by atomic mass is 32.2. The fraction of sp³-hybridized carbons (Fsp3) is 0.733. The van der Waals surface area contributed by atoms with Crippen molar-refractivity contribution in [3.8, 4) is 0 Å². The largest absolute Gasteiger partial charge is 0.353 e. The summed E-state index contributed by atoms with van der Waals surface area (Å²) in [5, 5.41) is 6.83. The second-order valence-corrected chi connectivity index (χ2v) is 9.20. The molecular formula is C15H24N4O3S. The van der Waals surface area contributed by atoms with Gasteiger partial charge >= 0.3 is 0 Å². The van der Waals surface area contributed by atoms with E-state index in [1.54, 1.807) is 24.7 Å². The van der Waals surface area contributed by atoms with E-state index in [9.17, 15) is 13.2 Å². The van der Waals surface area contributed by atoms with E-state index in [-0.39, 0.29) is 18.4 Å². The third kappa shape index (κ3) is 3.28. The van der Waals surface area contributed by atoms with Crippen LogP contribution in [0.2, 0.25) is 0 Å². The van der Waals surface area contributed by atoms with Crippen molar-refractivity contribution in [2.75, 3.05) is 6.54 Å². The van der Waals surface area contributed by atoms with Crippen LogP contribution in [-0.2, 0) is 21.4 Å². The topological polar surface area (TPSA) is 84.3 Å². The lowest BCUT2D eigenvalue weighted by Gasteiger charge is -2.34. The Morgan fingerprint density at radius 2 is 2.17 bits per heavy atom. The van der Waals surface area contributed by atoms with Gasteiger partial charge in [0.2, 0.25) is 15.9 Å². The molecule has 23 heavy (non-hydrogen) atoms. The maximum atomic E-state index is 12.5. The average Bonchev–Trinajstić information content (AvgIpc) is 2.91. The van der Waals surface area contributed by atoms with Crippen LogP contribution in [0.4, 0.5) is 0 Å². The Hall–Kier alpha value is -1.41. The Balaban J connectivity index is 1.75. The van der Waals surface area contributed by atoms with Crippen LogP contribution in [0.25, 0.3) is 0 Å². The first-order chi connectivity index (χ1) is 10.9. The quantitative estimate of drug-likeness (QED) is 0.868. The number of aromatic nitrogens is 2. The molecule has 1 N–H and O–H groups in total. The van der Waals surface area contributed by atoms with Crippen LogP contribution in [-0.4, -0.2) is 46.2 Å². The first kappa shape index (κ1) is 16.4. The Labute approximate surface area is 137 Å². The van der Waals surface area contributed by atoms with Gasteiger partial charge in [0.1, 0.15) is 0 Å². The van der Waals surface area contributed by atoms with Crippen LogP contribution >= 0.6 is 0 Å². The molecule has 2 heterocycles. The van der Waals surface area contributed by atoms with Gasteiger partial charge in [-0.15, -0.1) is 0 Å². The lowest BCUT2D eigenvalue weighted by Crippen LogP contribution is -2.46. The minimum atomic E-state index is -3.35. The number of nitrogens with one attached hydrogen (secondary N) is 1. The fourth-order valence-corrected chi connectivity index (χ4v) is 4.34. The summed E-state index contributed by atoms with van der Waals surface area (Å²) in [4.78, 5) is 12.2. The molecule has 1 atom stereocenters. The van der Waals surface area contributed by atoms with E-state index >= 15 is 0 Å². The van der Waals surface area contributed by atoms with Gasteiger partial charge < -0.3 is 5.32 Å². The van der Waals surface area contributed by atoms with Gasteiger partial charge in [-0.25, -0.2) is 8.42 Å². The van der Waals surface area contributed by atoms with Gasteiger partial charge in [-0.1, -0.05) is 0 Å². The van der Waals surface area contributed by atoms with Crippen molar-refractivity contribution in [2.24, 2.45) is 0 Å². The lowest BCUT2D eigenvalue weighted by molar-refractivity contribution is -0.123. The van der Waals surface area contributed by atoms with E-state index in [4.69, 9.17) is 0 Å². The molecule has 0 unspecified atom stereocenters. The minimum absolute atomic E-state index is 0.0232. The molecule has 1 amide bonds. The maximum absolute atomic E-state index is 12.5. The molecule has 1 aliphatic carbocycles. The van der Waals surface area contributed by atoms with E-state index in [2.05, 4.69) is 10.4 Å². The smallest absolute Gasteiger partial charge is 0.222 e. The zero-order chi connectivity index (χ0) is 16.6. The fourth-order valence-electron chi connectivity index (χ4n) is 3.05. The van der Waals surface area contributed by atoms with Crippen LogP contribution < -0.4 is 5.32 Å². The van der Waals surface area contributed by atoms with Crippen LogP contribution in [0.1, 0.15) is 51.3 Å². The highest BCUT2D eigenvalue weighted by molar-refractivity contribution is 7.89. The first-order valence-corrected chi connectivity index (χ1v) is 9.69. The van der Waals surface area contributed by atoms with E-state index < -0.39 is 15.3 Å². The van der Waals surface area contributed by atoms with Crippen molar-refractivity contribution < 1.29 is 13.2 Å². The van der Waals surface area contributed by atoms with E-state index in [0.29, 0.717) is 19.1 Å². The predicted octanol–water partition coefficient (Wildman–Crippen LogP) is 1.04. The summed E-state index contributed by atoms with van der Waals surface area (Å²) in [5.41, 5.74) is 0.835. The zero-order valence-electron chi connectivity index (χ0n) is 13.6. The summed E-state index contributed by atoms with van der Waals surface area (Å²) < 4.78 is 28.2. The molecule has 2 aliphatic rings. The second-order valence-electron chi connectivity index (χ2n) is 6.71. The monoisotopic (exact) mass is 340 g/mol. The maximum Gasteiger partial charge on any atom is 0.222 e. The van der Waals surface area contributed by atoms with Gasteiger partial charge in [-0.05, 0) is 39.2 Å². The lowest BCUT2D eigenvalue weighted by atomic mass is 9.93. The first-order valence-electron chi connectivity index (χ1n) is 8.18. The van der Waals surface area contributed by atoms with Gasteiger partial charge in [-0.2, -0.15) is 9.40 Å². The summed E-state index contributed by atoms with van der Waals surface area (Å²) in [6.07, 6.45) is 5.17. The van der Waals surface area contributed by atoms with E-state index in [1.807, 2.05) is 6.07 Å². The van der Waals surface area contributed by atoms with E-state index in [1.165, 1.54) is 4.31 Å². The van der Waals surface area contributed by atoms with Crippen molar-refractivity contribution in [1.29, 1.82) is 0 Å². The standard InChI is InChI=1S/C15H24N4O3S/c1-11(2)23(21,22)18-9-13-6-7-16-19(13)14(10-18)8-15(20)17-12-4-3-5-12/h6-7,11-12,14H,3-5,8-10H2,1-2H3,(H,17,20)/t14-/m0/s1. The Morgan fingerprint density at radius 1 is 1.43 bits per heavy atom. The number of sulfonamides is 1. The van der Waals surface area contributed by atoms with Crippen molar-refractivity contribution in [3.05, 3.63) is 18.0 Å². The molecule has 0 radical (unpaired) electrons. The Kier molecular flexibility index (Phi) is 4.46. The third-order valence-corrected chi connectivity index (χ3v) is 6.89. The van der Waals surface area contributed by atoms with Gasteiger partial charge in [0.25, 0.3) is 0 Å². The molecule has 128 valence electrons. The number of hydrogen-bond acceptors (Lipinski definition) is 4. The minimum Gasteiger partial charge on any atom is -0.353 e. The number of rotatable bonds is 5. The summed E-state index contributed by atoms with van der Waals surface area (Å²) in [6, 6.07) is 1.86. The number of carbonyl (C=O) groups is 1. The Morgan fingerprint density at radius 3 is 2.78 bits per heavy atom. The van der Waals surface area contributed by atoms with Crippen LogP contribution in [0.3, 0.4) is 0 Å². The molecular weight excluding hydrogens is 316 g/mol. The molecule has 0 bridgehead atoms. The normalized spacial score (nSPS) is 22.7. The molecule has 1 saturated carbocycles. The predicted molar refractivity (Wildman–Crippen MR) is 86.1 cm³/mol. The molecule has 8 heteroatoms. The summed E-state index contributed by atoms with van der Waals surface area (Å²) in [5.74, 6) is -0.0232. The molecule has 1 aromatic heterocycles. The van der Waals surface area contributed by atoms with Gasteiger partial charge in [0, 0.05) is 18.8 Å². The number of fused-ring (bicyclic) bond motifs is 1. The van der Waals surface area contributed by atoms with Gasteiger partial charge in [0.05, 0.1) is 30.0 Å². The molecule has 0 saturated heterocycles. The second kappa shape index (κ2) is 6.24. The molecule has 7 nitrogen and oxygen atoms in total.